The molecule has 0 fully saturated rings. The van der Waals surface area contributed by atoms with E-state index in [-0.39, 0.29) is 12.0 Å². The number of carbonyl (C=O) groups is 1. The van der Waals surface area contributed by atoms with E-state index in [4.69, 9.17) is 21.1 Å². The van der Waals surface area contributed by atoms with Crippen molar-refractivity contribution in [3.8, 4) is 5.75 Å². The third-order valence-corrected chi connectivity index (χ3v) is 6.96. The number of ether oxygens (including phenoxy) is 2. The van der Waals surface area contributed by atoms with Crippen molar-refractivity contribution < 1.29 is 14.3 Å². The van der Waals surface area contributed by atoms with Gasteiger partial charge in [0.25, 0.3) is 0 Å². The second-order valence-electron chi connectivity index (χ2n) is 8.93. The molecule has 0 N–H and O–H groups in total. The van der Waals surface area contributed by atoms with E-state index in [1.807, 2.05) is 24.3 Å². The highest BCUT2D eigenvalue weighted by Gasteiger charge is 2.23. The van der Waals surface area contributed by atoms with Crippen LogP contribution < -0.4 is 4.74 Å². The summed E-state index contributed by atoms with van der Waals surface area (Å²) in [4.78, 5) is 11.7. The molecule has 1 aromatic heterocycles. The Balaban J connectivity index is 1.51. The van der Waals surface area contributed by atoms with E-state index in [2.05, 4.69) is 66.1 Å². The summed E-state index contributed by atoms with van der Waals surface area (Å²) in [5, 5.41) is 1.84. The minimum atomic E-state index is -0.363. The van der Waals surface area contributed by atoms with Gasteiger partial charge in [0, 0.05) is 28.0 Å². The van der Waals surface area contributed by atoms with E-state index in [0.29, 0.717) is 29.4 Å². The number of aromatic nitrogens is 1. The first-order valence-corrected chi connectivity index (χ1v) is 12.6. The summed E-state index contributed by atoms with van der Waals surface area (Å²) >= 11 is 6.47. The Kier molecular flexibility index (Phi) is 7.29. The van der Waals surface area contributed by atoms with Crippen molar-refractivity contribution in [2.24, 2.45) is 0 Å². The molecule has 4 nitrogen and oxygen atoms in total. The number of hydrogen-bond donors (Lipinski definition) is 0. The molecule has 0 atom stereocenters. The molecule has 0 unspecified atom stereocenters. The van der Waals surface area contributed by atoms with Gasteiger partial charge < -0.3 is 14.0 Å². The number of hydrogen-bond acceptors (Lipinski definition) is 3. The average molecular weight is 510 g/mol. The molecule has 0 aliphatic heterocycles. The van der Waals surface area contributed by atoms with Crippen LogP contribution in [-0.4, -0.2) is 24.3 Å². The topological polar surface area (TPSA) is 40.5 Å². The Morgan fingerprint density at radius 2 is 1.49 bits per heavy atom. The minimum absolute atomic E-state index is 0.0200. The van der Waals surface area contributed by atoms with Gasteiger partial charge in [-0.1, -0.05) is 72.3 Å². The lowest BCUT2D eigenvalue weighted by atomic mass is 9.98. The minimum Gasteiger partial charge on any atom is -0.493 e. The number of carbonyl (C=O) groups excluding carboxylic acids is 1. The SMILES string of the molecule is COC(=O)c1ccc(OCCc2c(C)n(C(c3ccccc3)c3ccccc3)c3ccc(Cl)cc23)cc1. The molecule has 0 spiro atoms. The predicted octanol–water partition coefficient (Wildman–Crippen LogP) is 7.65. The second-order valence-corrected chi connectivity index (χ2v) is 9.37. The van der Waals surface area contributed by atoms with E-state index in [9.17, 15) is 4.79 Å². The van der Waals surface area contributed by atoms with E-state index >= 15 is 0 Å². The molecule has 0 radical (unpaired) electrons. The first kappa shape index (κ1) is 24.7. The van der Waals surface area contributed by atoms with Crippen molar-refractivity contribution >= 4 is 28.5 Å². The molecule has 5 rings (SSSR count). The summed E-state index contributed by atoms with van der Waals surface area (Å²) in [5.74, 6) is 0.344. The van der Waals surface area contributed by atoms with Crippen LogP contribution in [-0.2, 0) is 11.2 Å². The first-order chi connectivity index (χ1) is 18.1. The van der Waals surface area contributed by atoms with Crippen LogP contribution in [0.4, 0.5) is 0 Å². The Bertz CT molecular complexity index is 1470. The molecule has 0 amide bonds. The van der Waals surface area contributed by atoms with Gasteiger partial charge in [-0.2, -0.15) is 0 Å². The fourth-order valence-electron chi connectivity index (χ4n) is 4.97. The number of halogens is 1. The molecule has 0 aliphatic carbocycles. The third-order valence-electron chi connectivity index (χ3n) is 6.73. The number of benzene rings is 4. The molecule has 37 heavy (non-hydrogen) atoms. The average Bonchev–Trinajstić information content (AvgIpc) is 3.20. The van der Waals surface area contributed by atoms with Gasteiger partial charge in [-0.25, -0.2) is 4.79 Å². The maximum atomic E-state index is 11.7. The van der Waals surface area contributed by atoms with Crippen LogP contribution in [0.1, 0.15) is 38.8 Å². The fourth-order valence-corrected chi connectivity index (χ4v) is 5.14. The zero-order chi connectivity index (χ0) is 25.8. The Labute approximate surface area is 222 Å². The lowest BCUT2D eigenvalue weighted by molar-refractivity contribution is 0.0600. The quantitative estimate of drug-likeness (QED) is 0.202. The predicted molar refractivity (Wildman–Crippen MR) is 149 cm³/mol. The van der Waals surface area contributed by atoms with E-state index in [0.717, 1.165) is 10.9 Å². The summed E-state index contributed by atoms with van der Waals surface area (Å²) in [7, 11) is 1.37. The van der Waals surface area contributed by atoms with Gasteiger partial charge in [-0.3, -0.25) is 0 Å². The molecule has 186 valence electrons. The normalized spacial score (nSPS) is 11.1. The molecule has 0 saturated heterocycles. The van der Waals surface area contributed by atoms with E-state index < -0.39 is 0 Å². The highest BCUT2D eigenvalue weighted by atomic mass is 35.5. The van der Waals surface area contributed by atoms with Crippen molar-refractivity contribution in [1.82, 2.24) is 4.57 Å². The number of rotatable bonds is 8. The van der Waals surface area contributed by atoms with Gasteiger partial charge in [-0.15, -0.1) is 0 Å². The van der Waals surface area contributed by atoms with Gasteiger partial charge in [0.15, 0.2) is 0 Å². The number of methoxy groups -OCH3 is 1. The second kappa shape index (κ2) is 10.9. The van der Waals surface area contributed by atoms with Crippen molar-refractivity contribution in [3.63, 3.8) is 0 Å². The van der Waals surface area contributed by atoms with E-state index in [1.165, 1.54) is 29.5 Å². The highest BCUT2D eigenvalue weighted by Crippen LogP contribution is 2.37. The van der Waals surface area contributed by atoms with Gasteiger partial charge in [-0.05, 0) is 66.1 Å². The lowest BCUT2D eigenvalue weighted by Gasteiger charge is -2.23. The zero-order valence-corrected chi connectivity index (χ0v) is 21.6. The molecule has 0 aliphatic rings. The van der Waals surface area contributed by atoms with Crippen LogP contribution in [0.15, 0.2) is 103 Å². The molecule has 4 aromatic carbocycles. The largest absolute Gasteiger partial charge is 0.493 e. The zero-order valence-electron chi connectivity index (χ0n) is 20.9. The first-order valence-electron chi connectivity index (χ1n) is 12.3. The van der Waals surface area contributed by atoms with Crippen molar-refractivity contribution in [3.05, 3.63) is 136 Å². The molecule has 0 bridgehead atoms. The van der Waals surface area contributed by atoms with E-state index in [1.54, 1.807) is 24.3 Å². The molecule has 5 heteroatoms. The van der Waals surface area contributed by atoms with Crippen molar-refractivity contribution in [2.75, 3.05) is 13.7 Å². The molecule has 5 aromatic rings. The Morgan fingerprint density at radius 3 is 2.08 bits per heavy atom. The third kappa shape index (κ3) is 5.11. The van der Waals surface area contributed by atoms with Crippen LogP contribution in [0.2, 0.25) is 5.02 Å². The summed E-state index contributed by atoms with van der Waals surface area (Å²) in [6.07, 6.45) is 0.713. The molecular formula is C32H28ClNO3. The maximum absolute atomic E-state index is 11.7. The Morgan fingerprint density at radius 1 is 0.865 bits per heavy atom. The monoisotopic (exact) mass is 509 g/mol. The van der Waals surface area contributed by atoms with Crippen LogP contribution >= 0.6 is 11.6 Å². The van der Waals surface area contributed by atoms with Crippen LogP contribution in [0.3, 0.4) is 0 Å². The summed E-state index contributed by atoms with van der Waals surface area (Å²) in [6.45, 7) is 2.67. The smallest absolute Gasteiger partial charge is 0.337 e. The number of esters is 1. The van der Waals surface area contributed by atoms with Crippen molar-refractivity contribution in [2.45, 2.75) is 19.4 Å². The van der Waals surface area contributed by atoms with Crippen LogP contribution in [0, 0.1) is 6.92 Å². The summed E-state index contributed by atoms with van der Waals surface area (Å²) in [5.41, 5.74) is 6.46. The summed E-state index contributed by atoms with van der Waals surface area (Å²) < 4.78 is 13.2. The van der Waals surface area contributed by atoms with Gasteiger partial charge in [0.2, 0.25) is 0 Å². The van der Waals surface area contributed by atoms with Crippen molar-refractivity contribution in [1.29, 1.82) is 0 Å². The fraction of sp³-hybridized carbons (Fsp3) is 0.156. The molecule has 0 saturated carbocycles. The van der Waals surface area contributed by atoms with Gasteiger partial charge in [0.1, 0.15) is 5.75 Å². The lowest BCUT2D eigenvalue weighted by Crippen LogP contribution is -2.14. The molecular weight excluding hydrogens is 482 g/mol. The van der Waals surface area contributed by atoms with Crippen LogP contribution in [0.25, 0.3) is 10.9 Å². The molecule has 1 heterocycles. The summed E-state index contributed by atoms with van der Waals surface area (Å²) in [6, 6.07) is 34.3. The van der Waals surface area contributed by atoms with Gasteiger partial charge in [0.05, 0.1) is 25.3 Å². The number of nitrogens with zero attached hydrogens (tertiary/aromatic N) is 1. The van der Waals surface area contributed by atoms with Crippen LogP contribution in [0.5, 0.6) is 5.75 Å². The number of fused-ring (bicyclic) bond motifs is 1. The highest BCUT2D eigenvalue weighted by molar-refractivity contribution is 6.31. The Hall–Kier alpha value is -4.02. The van der Waals surface area contributed by atoms with Gasteiger partial charge >= 0.3 is 5.97 Å². The maximum Gasteiger partial charge on any atom is 0.337 e. The standard InChI is InChI=1S/C32H28ClNO3/c1-22-28(19-20-37-27-16-13-25(14-17-27)32(35)36-2)29-21-26(33)15-18-30(29)34(22)31(23-9-5-3-6-10-23)24-11-7-4-8-12-24/h3-18,21,31H,19-20H2,1-2H3.